The summed E-state index contributed by atoms with van der Waals surface area (Å²) in [4.78, 5) is 0. The summed E-state index contributed by atoms with van der Waals surface area (Å²) < 4.78 is 0. The van der Waals surface area contributed by atoms with Gasteiger partial charge >= 0.3 is 0 Å². The van der Waals surface area contributed by atoms with Gasteiger partial charge < -0.3 is 5.32 Å². The van der Waals surface area contributed by atoms with Crippen molar-refractivity contribution in [2.45, 2.75) is 57.4 Å². The number of halogens is 2. The maximum atomic E-state index is 6.17. The Morgan fingerprint density at radius 2 is 1.89 bits per heavy atom. The highest BCUT2D eigenvalue weighted by Crippen LogP contribution is 2.34. The van der Waals surface area contributed by atoms with Crippen molar-refractivity contribution in [3.05, 3.63) is 33.8 Å². The molecule has 0 aromatic heterocycles. The van der Waals surface area contributed by atoms with Gasteiger partial charge in [0, 0.05) is 6.04 Å². The zero-order valence-electron chi connectivity index (χ0n) is 11.6. The van der Waals surface area contributed by atoms with Gasteiger partial charge in [0.25, 0.3) is 0 Å². The van der Waals surface area contributed by atoms with Gasteiger partial charge in [-0.15, -0.1) is 0 Å². The summed E-state index contributed by atoms with van der Waals surface area (Å²) in [5.41, 5.74) is 1.34. The highest BCUT2D eigenvalue weighted by atomic mass is 35.5. The van der Waals surface area contributed by atoms with E-state index in [-0.39, 0.29) is 0 Å². The molecule has 0 saturated heterocycles. The summed E-state index contributed by atoms with van der Waals surface area (Å²) in [6, 6.07) is 6.71. The van der Waals surface area contributed by atoms with Gasteiger partial charge in [0.2, 0.25) is 0 Å². The Bertz CT molecular complexity index is 406. The monoisotopic (exact) mass is 299 g/mol. The number of hydrogen-bond acceptors (Lipinski definition) is 1. The Balaban J connectivity index is 2.18. The summed E-state index contributed by atoms with van der Waals surface area (Å²) in [7, 11) is 0. The summed E-state index contributed by atoms with van der Waals surface area (Å²) in [5.74, 6) is 0.573. The molecule has 1 aromatic rings. The van der Waals surface area contributed by atoms with Gasteiger partial charge in [-0.25, -0.2) is 0 Å². The second kappa shape index (κ2) is 7.52. The normalized spacial score (nSPS) is 24.2. The van der Waals surface area contributed by atoms with Crippen molar-refractivity contribution in [2.75, 3.05) is 6.54 Å². The summed E-state index contributed by atoms with van der Waals surface area (Å²) in [5, 5.41) is 5.05. The average molecular weight is 300 g/mol. The largest absolute Gasteiger partial charge is 0.313 e. The molecule has 1 aliphatic rings. The quantitative estimate of drug-likeness (QED) is 0.733. The molecule has 106 valence electrons. The lowest BCUT2D eigenvalue weighted by Gasteiger charge is -2.27. The molecule has 0 spiro atoms. The van der Waals surface area contributed by atoms with Crippen LogP contribution in [0.5, 0.6) is 0 Å². The summed E-state index contributed by atoms with van der Waals surface area (Å²) in [6.07, 6.45) is 7.70. The van der Waals surface area contributed by atoms with Crippen LogP contribution in [0.3, 0.4) is 0 Å². The van der Waals surface area contributed by atoms with Gasteiger partial charge in [-0.05, 0) is 49.4 Å². The van der Waals surface area contributed by atoms with Crippen LogP contribution >= 0.6 is 23.2 Å². The van der Waals surface area contributed by atoms with Crippen LogP contribution in [0.1, 0.15) is 56.9 Å². The van der Waals surface area contributed by atoms with Crippen molar-refractivity contribution >= 4 is 23.2 Å². The predicted molar refractivity (Wildman–Crippen MR) is 84.4 cm³/mol. The molecular weight excluding hydrogens is 277 g/mol. The van der Waals surface area contributed by atoms with Gasteiger partial charge in [-0.2, -0.15) is 0 Å². The van der Waals surface area contributed by atoms with Gasteiger partial charge in [-0.1, -0.05) is 55.5 Å². The first-order valence-corrected chi connectivity index (χ1v) is 8.16. The van der Waals surface area contributed by atoms with Gasteiger partial charge in [0.1, 0.15) is 0 Å². The lowest BCUT2D eigenvalue weighted by atomic mass is 9.87. The third kappa shape index (κ3) is 4.11. The zero-order valence-corrected chi connectivity index (χ0v) is 13.1. The third-order valence-electron chi connectivity index (χ3n) is 4.04. The molecule has 0 aliphatic heterocycles. The molecule has 0 amide bonds. The molecular formula is C16H23Cl2N. The predicted octanol–water partition coefficient (Wildman–Crippen LogP) is 5.41. The second-order valence-electron chi connectivity index (χ2n) is 5.48. The molecule has 2 rings (SSSR count). The fraction of sp³-hybridized carbons (Fsp3) is 0.625. The lowest BCUT2D eigenvalue weighted by Crippen LogP contribution is -2.34. The fourth-order valence-corrected chi connectivity index (χ4v) is 3.33. The number of rotatable bonds is 4. The van der Waals surface area contributed by atoms with E-state index < -0.39 is 0 Å². The maximum Gasteiger partial charge on any atom is 0.0595 e. The van der Waals surface area contributed by atoms with E-state index in [9.17, 15) is 0 Å². The van der Waals surface area contributed by atoms with Gasteiger partial charge in [0.05, 0.1) is 10.0 Å². The molecule has 3 heteroatoms. The minimum Gasteiger partial charge on any atom is -0.313 e. The average Bonchev–Trinajstić information content (AvgIpc) is 2.65. The van der Waals surface area contributed by atoms with Gasteiger partial charge in [0.15, 0.2) is 0 Å². The fourth-order valence-electron chi connectivity index (χ4n) is 3.02. The van der Waals surface area contributed by atoms with Crippen molar-refractivity contribution in [1.29, 1.82) is 0 Å². The molecule has 2 atom stereocenters. The van der Waals surface area contributed by atoms with Crippen molar-refractivity contribution in [1.82, 2.24) is 5.32 Å². The molecule has 1 aromatic carbocycles. The molecule has 1 aliphatic carbocycles. The van der Waals surface area contributed by atoms with Crippen molar-refractivity contribution in [3.63, 3.8) is 0 Å². The van der Waals surface area contributed by atoms with E-state index in [4.69, 9.17) is 23.2 Å². The molecule has 1 nitrogen and oxygen atoms in total. The van der Waals surface area contributed by atoms with E-state index in [0.717, 1.165) is 6.54 Å². The van der Waals surface area contributed by atoms with Crippen LogP contribution in [0.2, 0.25) is 10.0 Å². The molecule has 19 heavy (non-hydrogen) atoms. The van der Waals surface area contributed by atoms with Crippen LogP contribution in [-0.2, 0) is 0 Å². The lowest BCUT2D eigenvalue weighted by molar-refractivity contribution is 0.411. The van der Waals surface area contributed by atoms with E-state index in [0.29, 0.717) is 22.0 Å². The molecule has 2 unspecified atom stereocenters. The van der Waals surface area contributed by atoms with E-state index in [1.807, 2.05) is 6.07 Å². The number of hydrogen-bond donors (Lipinski definition) is 1. The smallest absolute Gasteiger partial charge is 0.0595 e. The molecule has 1 fully saturated rings. The van der Waals surface area contributed by atoms with Crippen LogP contribution in [-0.4, -0.2) is 12.6 Å². The highest BCUT2D eigenvalue weighted by molar-refractivity contribution is 6.42. The second-order valence-corrected chi connectivity index (χ2v) is 6.29. The van der Waals surface area contributed by atoms with Crippen LogP contribution < -0.4 is 5.32 Å². The van der Waals surface area contributed by atoms with E-state index in [1.54, 1.807) is 0 Å². The Morgan fingerprint density at radius 1 is 1.11 bits per heavy atom. The SMILES string of the molecule is CCCNC1CCCCCC1c1ccc(Cl)c(Cl)c1. The first-order chi connectivity index (χ1) is 9.22. The summed E-state index contributed by atoms with van der Waals surface area (Å²) in [6.45, 7) is 3.32. The topological polar surface area (TPSA) is 12.0 Å². The van der Waals surface area contributed by atoms with Gasteiger partial charge in [-0.3, -0.25) is 0 Å². The Morgan fingerprint density at radius 3 is 2.63 bits per heavy atom. The maximum absolute atomic E-state index is 6.17. The van der Waals surface area contributed by atoms with E-state index in [1.165, 1.54) is 44.1 Å². The highest BCUT2D eigenvalue weighted by Gasteiger charge is 2.24. The minimum absolute atomic E-state index is 0.573. The zero-order chi connectivity index (χ0) is 13.7. The minimum atomic E-state index is 0.573. The molecule has 1 saturated carbocycles. The standard InChI is InChI=1S/C16H23Cl2N/c1-2-10-19-16-7-5-3-4-6-13(16)12-8-9-14(17)15(18)11-12/h8-9,11,13,16,19H,2-7,10H2,1H3. The molecule has 0 radical (unpaired) electrons. The Hall–Kier alpha value is -0.240. The third-order valence-corrected chi connectivity index (χ3v) is 4.78. The Kier molecular flexibility index (Phi) is 6.00. The van der Waals surface area contributed by atoms with Crippen LogP contribution in [0.25, 0.3) is 0 Å². The van der Waals surface area contributed by atoms with Crippen LogP contribution in [0.4, 0.5) is 0 Å². The van der Waals surface area contributed by atoms with Crippen molar-refractivity contribution in [2.24, 2.45) is 0 Å². The molecule has 0 bridgehead atoms. The van der Waals surface area contributed by atoms with Crippen molar-refractivity contribution < 1.29 is 0 Å². The van der Waals surface area contributed by atoms with E-state index >= 15 is 0 Å². The van der Waals surface area contributed by atoms with Crippen molar-refractivity contribution in [3.8, 4) is 0 Å². The molecule has 0 heterocycles. The number of nitrogens with one attached hydrogen (secondary N) is 1. The van der Waals surface area contributed by atoms with Crippen LogP contribution in [0, 0.1) is 0 Å². The van der Waals surface area contributed by atoms with E-state index in [2.05, 4.69) is 24.4 Å². The first kappa shape index (κ1) is 15.2. The number of benzene rings is 1. The Labute approximate surface area is 126 Å². The first-order valence-electron chi connectivity index (χ1n) is 7.40. The summed E-state index contributed by atoms with van der Waals surface area (Å²) >= 11 is 12.2. The molecule has 1 N–H and O–H groups in total. The van der Waals surface area contributed by atoms with Crippen LogP contribution in [0.15, 0.2) is 18.2 Å².